The fourth-order valence-corrected chi connectivity index (χ4v) is 4.37. The summed E-state index contributed by atoms with van der Waals surface area (Å²) in [5, 5.41) is 2.81. The van der Waals surface area contributed by atoms with Gasteiger partial charge in [0.2, 0.25) is 0 Å². The molecule has 27 heavy (non-hydrogen) atoms. The summed E-state index contributed by atoms with van der Waals surface area (Å²) in [4.78, 5) is 31.5. The van der Waals surface area contributed by atoms with Gasteiger partial charge < -0.3 is 10.1 Å². The van der Waals surface area contributed by atoms with E-state index in [-0.39, 0.29) is 5.56 Å². The smallest absolute Gasteiger partial charge is 0.271 e. The highest BCUT2D eigenvalue weighted by Gasteiger charge is 2.17. The van der Waals surface area contributed by atoms with Gasteiger partial charge in [-0.05, 0) is 36.6 Å². The van der Waals surface area contributed by atoms with Gasteiger partial charge in [-0.2, -0.15) is 0 Å². The number of methoxy groups -OCH3 is 1. The van der Waals surface area contributed by atoms with Crippen LogP contribution in [0, 0.1) is 0 Å². The van der Waals surface area contributed by atoms with Crippen LogP contribution >= 0.6 is 23.1 Å². The Labute approximate surface area is 162 Å². The van der Waals surface area contributed by atoms with Crippen LogP contribution in [0.5, 0.6) is 5.75 Å². The lowest BCUT2D eigenvalue weighted by Crippen LogP contribution is -2.26. The van der Waals surface area contributed by atoms with Crippen LogP contribution in [0.25, 0.3) is 15.2 Å². The molecule has 0 aliphatic rings. The Balaban J connectivity index is 1.80. The van der Waals surface area contributed by atoms with E-state index < -0.39 is 11.5 Å². The minimum Gasteiger partial charge on any atom is -0.497 e. The average molecular weight is 397 g/mol. The Hall–Kier alpha value is -2.84. The van der Waals surface area contributed by atoms with Crippen molar-refractivity contribution in [1.29, 1.82) is 0 Å². The maximum absolute atomic E-state index is 13.0. The minimum absolute atomic E-state index is 0.000996. The van der Waals surface area contributed by atoms with Gasteiger partial charge in [0.15, 0.2) is 4.96 Å². The molecule has 0 bridgehead atoms. The van der Waals surface area contributed by atoms with Gasteiger partial charge >= 0.3 is 0 Å². The van der Waals surface area contributed by atoms with E-state index in [4.69, 9.17) is 4.74 Å². The predicted octanol–water partition coefficient (Wildman–Crippen LogP) is 3.89. The van der Waals surface area contributed by atoms with Crippen LogP contribution in [0.4, 0.5) is 5.69 Å². The number of carbonyl (C=O) groups excluding carboxylic acids is 1. The molecular weight excluding hydrogens is 382 g/mol. The molecule has 2 aromatic carbocycles. The minimum atomic E-state index is -0.476. The van der Waals surface area contributed by atoms with Crippen molar-refractivity contribution < 1.29 is 9.53 Å². The molecule has 1 amide bonds. The number of aromatic nitrogens is 2. The molecule has 1 N–H and O–H groups in total. The molecule has 0 saturated carbocycles. The van der Waals surface area contributed by atoms with E-state index in [1.807, 2.05) is 30.5 Å². The molecule has 4 aromatic rings. The number of fused-ring (bicyclic) bond motifs is 3. The SMILES string of the molecule is COc1ccc2c(c1)sc1ncc(C(=O)Nc3ccccc3SC)c(=O)n12. The lowest BCUT2D eigenvalue weighted by Gasteiger charge is -2.08. The number of thioether (sulfide) groups is 1. The Kier molecular flexibility index (Phi) is 4.59. The first kappa shape index (κ1) is 17.6. The van der Waals surface area contributed by atoms with Crippen molar-refractivity contribution >= 4 is 49.9 Å². The van der Waals surface area contributed by atoms with E-state index in [1.165, 1.54) is 33.7 Å². The number of hydrogen-bond acceptors (Lipinski definition) is 6. The Morgan fingerprint density at radius 1 is 1.26 bits per heavy atom. The third-order valence-electron chi connectivity index (χ3n) is 4.14. The summed E-state index contributed by atoms with van der Waals surface area (Å²) in [5.74, 6) is 0.227. The molecule has 0 aliphatic heterocycles. The van der Waals surface area contributed by atoms with E-state index in [1.54, 1.807) is 25.3 Å². The number of nitrogens with zero attached hydrogens (tertiary/aromatic N) is 2. The molecule has 0 saturated heterocycles. The highest BCUT2D eigenvalue weighted by molar-refractivity contribution is 7.98. The summed E-state index contributed by atoms with van der Waals surface area (Å²) < 4.78 is 7.56. The van der Waals surface area contributed by atoms with Crippen LogP contribution in [0.15, 0.2) is 58.4 Å². The van der Waals surface area contributed by atoms with Gasteiger partial charge in [-0.1, -0.05) is 23.5 Å². The largest absolute Gasteiger partial charge is 0.497 e. The second-order valence-electron chi connectivity index (χ2n) is 5.69. The van der Waals surface area contributed by atoms with E-state index >= 15 is 0 Å². The van der Waals surface area contributed by atoms with Gasteiger partial charge in [-0.15, -0.1) is 11.8 Å². The van der Waals surface area contributed by atoms with Crippen molar-refractivity contribution in [2.45, 2.75) is 4.90 Å². The molecule has 0 fully saturated rings. The zero-order chi connectivity index (χ0) is 19.0. The maximum atomic E-state index is 13.0. The lowest BCUT2D eigenvalue weighted by molar-refractivity contribution is 0.102. The Morgan fingerprint density at radius 2 is 2.07 bits per heavy atom. The van der Waals surface area contributed by atoms with Crippen LogP contribution in [-0.2, 0) is 0 Å². The molecule has 0 atom stereocenters. The maximum Gasteiger partial charge on any atom is 0.271 e. The topological polar surface area (TPSA) is 72.7 Å². The number of para-hydroxylation sites is 1. The number of ether oxygens (including phenoxy) is 1. The zero-order valence-electron chi connectivity index (χ0n) is 14.6. The molecule has 0 spiro atoms. The van der Waals surface area contributed by atoms with Gasteiger partial charge in [0.25, 0.3) is 11.5 Å². The van der Waals surface area contributed by atoms with Crippen LogP contribution in [0.1, 0.15) is 10.4 Å². The molecule has 6 nitrogen and oxygen atoms in total. The Bertz CT molecular complexity index is 1230. The van der Waals surface area contributed by atoms with Gasteiger partial charge in [0, 0.05) is 11.1 Å². The molecule has 4 rings (SSSR count). The van der Waals surface area contributed by atoms with Crippen molar-refractivity contribution in [1.82, 2.24) is 9.38 Å². The van der Waals surface area contributed by atoms with Crippen molar-refractivity contribution in [3.8, 4) is 5.75 Å². The number of anilines is 1. The van der Waals surface area contributed by atoms with E-state index in [0.29, 0.717) is 21.9 Å². The molecular formula is C19H15N3O3S2. The van der Waals surface area contributed by atoms with Crippen molar-refractivity contribution in [3.05, 3.63) is 64.6 Å². The summed E-state index contributed by atoms with van der Waals surface area (Å²) >= 11 is 2.89. The monoisotopic (exact) mass is 397 g/mol. The third-order valence-corrected chi connectivity index (χ3v) is 5.95. The summed E-state index contributed by atoms with van der Waals surface area (Å²) in [6, 6.07) is 12.9. The number of carbonyl (C=O) groups is 1. The highest BCUT2D eigenvalue weighted by atomic mass is 32.2. The van der Waals surface area contributed by atoms with E-state index in [2.05, 4.69) is 10.3 Å². The summed E-state index contributed by atoms with van der Waals surface area (Å²) in [6.45, 7) is 0. The molecule has 0 radical (unpaired) electrons. The summed E-state index contributed by atoms with van der Waals surface area (Å²) in [7, 11) is 1.59. The van der Waals surface area contributed by atoms with E-state index in [9.17, 15) is 9.59 Å². The molecule has 0 unspecified atom stereocenters. The average Bonchev–Trinajstić information content (AvgIpc) is 3.06. The number of benzene rings is 2. The number of thiazole rings is 1. The summed E-state index contributed by atoms with van der Waals surface area (Å²) in [6.07, 6.45) is 3.26. The second kappa shape index (κ2) is 7.05. The molecule has 136 valence electrons. The molecule has 2 heterocycles. The number of nitrogens with one attached hydrogen (secondary N) is 1. The van der Waals surface area contributed by atoms with Crippen molar-refractivity contribution in [2.24, 2.45) is 0 Å². The lowest BCUT2D eigenvalue weighted by atomic mass is 10.2. The van der Waals surface area contributed by atoms with Crippen molar-refractivity contribution in [2.75, 3.05) is 18.7 Å². The second-order valence-corrected chi connectivity index (χ2v) is 7.54. The van der Waals surface area contributed by atoms with Gasteiger partial charge in [0.1, 0.15) is 11.3 Å². The molecule has 0 aliphatic carbocycles. The first-order chi connectivity index (χ1) is 13.1. The quantitative estimate of drug-likeness (QED) is 0.529. The predicted molar refractivity (Wildman–Crippen MR) is 110 cm³/mol. The van der Waals surface area contributed by atoms with Crippen LogP contribution < -0.4 is 15.6 Å². The van der Waals surface area contributed by atoms with Crippen LogP contribution in [0.3, 0.4) is 0 Å². The number of rotatable bonds is 4. The van der Waals surface area contributed by atoms with Crippen LogP contribution in [0.2, 0.25) is 0 Å². The fraction of sp³-hybridized carbons (Fsp3) is 0.105. The Morgan fingerprint density at radius 3 is 2.85 bits per heavy atom. The fourth-order valence-electron chi connectivity index (χ4n) is 2.80. The van der Waals surface area contributed by atoms with Crippen LogP contribution in [-0.4, -0.2) is 28.7 Å². The van der Waals surface area contributed by atoms with E-state index in [0.717, 1.165) is 9.60 Å². The van der Waals surface area contributed by atoms with Gasteiger partial charge in [-0.3, -0.25) is 14.0 Å². The standard InChI is InChI=1S/C19H15N3O3S2/c1-25-11-7-8-14-16(9-11)27-19-20-10-12(18(24)22(14)19)17(23)21-13-5-3-4-6-15(13)26-2/h3-10H,1-2H3,(H,21,23). The molecule has 8 heteroatoms. The summed E-state index contributed by atoms with van der Waals surface area (Å²) in [5.41, 5.74) is 0.973. The third kappa shape index (κ3) is 3.07. The zero-order valence-corrected chi connectivity index (χ0v) is 16.2. The number of hydrogen-bond donors (Lipinski definition) is 1. The highest BCUT2D eigenvalue weighted by Crippen LogP contribution is 2.28. The van der Waals surface area contributed by atoms with Gasteiger partial charge in [0.05, 0.1) is 23.0 Å². The first-order valence-electron chi connectivity index (χ1n) is 8.05. The molecule has 2 aromatic heterocycles. The first-order valence-corrected chi connectivity index (χ1v) is 10.1. The normalized spacial score (nSPS) is 11.0. The van der Waals surface area contributed by atoms with Crippen molar-refractivity contribution in [3.63, 3.8) is 0 Å². The number of amides is 1. The van der Waals surface area contributed by atoms with Gasteiger partial charge in [-0.25, -0.2) is 4.98 Å².